The van der Waals surface area contributed by atoms with Crippen molar-refractivity contribution < 1.29 is 9.84 Å². The largest absolute Gasteiger partial charge is 0.496 e. The summed E-state index contributed by atoms with van der Waals surface area (Å²) in [5, 5.41) is 10.1. The van der Waals surface area contributed by atoms with Gasteiger partial charge in [-0.05, 0) is 24.9 Å². The maximum atomic E-state index is 10.1. The Kier molecular flexibility index (Phi) is 5.83. The monoisotopic (exact) mass is 265 g/mol. The van der Waals surface area contributed by atoms with Gasteiger partial charge in [0.1, 0.15) is 5.75 Å². The van der Waals surface area contributed by atoms with E-state index in [9.17, 15) is 5.11 Å². The summed E-state index contributed by atoms with van der Waals surface area (Å²) in [6.07, 6.45) is 0.516. The van der Waals surface area contributed by atoms with Gasteiger partial charge >= 0.3 is 0 Å². The highest BCUT2D eigenvalue weighted by Crippen LogP contribution is 2.22. The Morgan fingerprint density at radius 1 is 1.26 bits per heavy atom. The van der Waals surface area contributed by atoms with Gasteiger partial charge in [-0.1, -0.05) is 39.0 Å². The number of nitrogens with zero attached hydrogens (tertiary/aromatic N) is 1. The molecular weight excluding hydrogens is 238 g/mol. The standard InChI is InChI=1S/C16H27NO2/c1-16(2,3)15(18)10-11-17(4)12-13-8-6-7-9-14(13)19-5/h6-9,15,18H,10-12H2,1-5H3. The van der Waals surface area contributed by atoms with Gasteiger partial charge in [0.15, 0.2) is 0 Å². The van der Waals surface area contributed by atoms with Crippen LogP contribution in [0.4, 0.5) is 0 Å². The Morgan fingerprint density at radius 2 is 1.89 bits per heavy atom. The highest BCUT2D eigenvalue weighted by molar-refractivity contribution is 5.32. The van der Waals surface area contributed by atoms with E-state index in [1.54, 1.807) is 7.11 Å². The average Bonchev–Trinajstić information content (AvgIpc) is 2.35. The number of ether oxygens (including phenoxy) is 1. The van der Waals surface area contributed by atoms with E-state index in [0.717, 1.165) is 25.3 Å². The maximum absolute atomic E-state index is 10.1. The molecule has 0 heterocycles. The van der Waals surface area contributed by atoms with Gasteiger partial charge in [0.25, 0.3) is 0 Å². The summed E-state index contributed by atoms with van der Waals surface area (Å²) < 4.78 is 5.35. The van der Waals surface area contributed by atoms with Crippen LogP contribution in [0.25, 0.3) is 0 Å². The van der Waals surface area contributed by atoms with Crippen LogP contribution in [0, 0.1) is 5.41 Å². The van der Waals surface area contributed by atoms with E-state index in [2.05, 4.69) is 38.8 Å². The van der Waals surface area contributed by atoms with Crippen LogP contribution >= 0.6 is 0 Å². The zero-order valence-corrected chi connectivity index (χ0v) is 12.8. The van der Waals surface area contributed by atoms with E-state index in [-0.39, 0.29) is 11.5 Å². The predicted octanol–water partition coefficient (Wildman–Crippen LogP) is 2.92. The highest BCUT2D eigenvalue weighted by Gasteiger charge is 2.22. The van der Waals surface area contributed by atoms with E-state index in [1.165, 1.54) is 5.56 Å². The first-order chi connectivity index (χ1) is 8.84. The van der Waals surface area contributed by atoms with Crippen molar-refractivity contribution in [3.05, 3.63) is 29.8 Å². The summed E-state index contributed by atoms with van der Waals surface area (Å²) in [5.41, 5.74) is 1.13. The molecular formula is C16H27NO2. The van der Waals surface area contributed by atoms with Crippen molar-refractivity contribution in [2.75, 3.05) is 20.7 Å². The molecule has 0 aliphatic heterocycles. The van der Waals surface area contributed by atoms with Crippen LogP contribution in [-0.4, -0.2) is 36.8 Å². The molecule has 0 radical (unpaired) electrons. The van der Waals surface area contributed by atoms with E-state index >= 15 is 0 Å². The number of methoxy groups -OCH3 is 1. The number of aliphatic hydroxyl groups excluding tert-OH is 1. The van der Waals surface area contributed by atoms with Crippen LogP contribution in [0.15, 0.2) is 24.3 Å². The van der Waals surface area contributed by atoms with Gasteiger partial charge in [-0.3, -0.25) is 0 Å². The molecule has 0 aliphatic rings. The Hall–Kier alpha value is -1.06. The van der Waals surface area contributed by atoms with Gasteiger partial charge in [-0.2, -0.15) is 0 Å². The summed E-state index contributed by atoms with van der Waals surface area (Å²) in [5.74, 6) is 0.922. The molecule has 1 aromatic carbocycles. The van der Waals surface area contributed by atoms with Crippen LogP contribution in [0.2, 0.25) is 0 Å². The molecule has 0 aliphatic carbocycles. The molecule has 0 saturated carbocycles. The Balaban J connectivity index is 2.49. The summed E-state index contributed by atoms with van der Waals surface area (Å²) in [7, 11) is 3.77. The van der Waals surface area contributed by atoms with Crippen LogP contribution in [0.3, 0.4) is 0 Å². The zero-order chi connectivity index (χ0) is 14.5. The molecule has 1 atom stereocenters. The number of para-hydroxylation sites is 1. The van der Waals surface area contributed by atoms with Crippen molar-refractivity contribution >= 4 is 0 Å². The molecule has 1 unspecified atom stereocenters. The lowest BCUT2D eigenvalue weighted by Crippen LogP contribution is -2.31. The van der Waals surface area contributed by atoms with Gasteiger partial charge in [0.2, 0.25) is 0 Å². The number of rotatable bonds is 6. The van der Waals surface area contributed by atoms with E-state index in [1.807, 2.05) is 18.2 Å². The maximum Gasteiger partial charge on any atom is 0.123 e. The normalized spacial score (nSPS) is 13.6. The first-order valence-corrected chi connectivity index (χ1v) is 6.83. The third kappa shape index (κ3) is 5.21. The van der Waals surface area contributed by atoms with E-state index in [4.69, 9.17) is 4.74 Å². The average molecular weight is 265 g/mol. The first-order valence-electron chi connectivity index (χ1n) is 6.83. The third-order valence-electron chi connectivity index (χ3n) is 3.42. The number of benzene rings is 1. The van der Waals surface area contributed by atoms with E-state index < -0.39 is 0 Å². The predicted molar refractivity (Wildman–Crippen MR) is 79.4 cm³/mol. The summed E-state index contributed by atoms with van der Waals surface area (Å²) in [6, 6.07) is 8.06. The molecule has 1 N–H and O–H groups in total. The molecule has 1 rings (SSSR count). The minimum atomic E-state index is -0.271. The van der Waals surface area contributed by atoms with Gasteiger partial charge in [0.05, 0.1) is 13.2 Å². The molecule has 0 amide bonds. The SMILES string of the molecule is COc1ccccc1CN(C)CCC(O)C(C)(C)C. The van der Waals surface area contributed by atoms with Crippen molar-refractivity contribution in [2.45, 2.75) is 39.8 Å². The second-order valence-corrected chi connectivity index (χ2v) is 6.22. The molecule has 0 aromatic heterocycles. The lowest BCUT2D eigenvalue weighted by atomic mass is 9.87. The fourth-order valence-corrected chi connectivity index (χ4v) is 1.98. The number of aliphatic hydroxyl groups is 1. The highest BCUT2D eigenvalue weighted by atomic mass is 16.5. The quantitative estimate of drug-likeness (QED) is 0.858. The molecule has 0 spiro atoms. The minimum Gasteiger partial charge on any atom is -0.496 e. The van der Waals surface area contributed by atoms with Gasteiger partial charge < -0.3 is 14.7 Å². The fourth-order valence-electron chi connectivity index (χ4n) is 1.98. The molecule has 3 nitrogen and oxygen atoms in total. The van der Waals surface area contributed by atoms with Crippen LogP contribution in [0.1, 0.15) is 32.8 Å². The molecule has 19 heavy (non-hydrogen) atoms. The van der Waals surface area contributed by atoms with Crippen molar-refractivity contribution in [3.63, 3.8) is 0 Å². The van der Waals surface area contributed by atoms with Gasteiger partial charge in [0, 0.05) is 18.7 Å². The van der Waals surface area contributed by atoms with Crippen LogP contribution in [-0.2, 0) is 6.54 Å². The lowest BCUT2D eigenvalue weighted by Gasteiger charge is -2.28. The smallest absolute Gasteiger partial charge is 0.123 e. The molecule has 108 valence electrons. The number of hydrogen-bond acceptors (Lipinski definition) is 3. The fraction of sp³-hybridized carbons (Fsp3) is 0.625. The van der Waals surface area contributed by atoms with Crippen LogP contribution in [0.5, 0.6) is 5.75 Å². The van der Waals surface area contributed by atoms with Crippen molar-refractivity contribution in [1.82, 2.24) is 4.90 Å². The van der Waals surface area contributed by atoms with E-state index in [0.29, 0.717) is 0 Å². The summed E-state index contributed by atoms with van der Waals surface area (Å²) in [6.45, 7) is 7.91. The zero-order valence-electron chi connectivity index (χ0n) is 12.8. The minimum absolute atomic E-state index is 0.0503. The molecule has 1 aromatic rings. The third-order valence-corrected chi connectivity index (χ3v) is 3.42. The second kappa shape index (κ2) is 6.92. The van der Waals surface area contributed by atoms with Gasteiger partial charge in [-0.15, -0.1) is 0 Å². The molecule has 3 heteroatoms. The molecule has 0 saturated heterocycles. The summed E-state index contributed by atoms with van der Waals surface area (Å²) >= 11 is 0. The van der Waals surface area contributed by atoms with Crippen LogP contribution < -0.4 is 4.74 Å². The Labute approximate surface area is 117 Å². The summed E-state index contributed by atoms with van der Waals surface area (Å²) in [4.78, 5) is 2.22. The van der Waals surface area contributed by atoms with Crippen molar-refractivity contribution in [2.24, 2.45) is 5.41 Å². The Bertz CT molecular complexity index is 385. The van der Waals surface area contributed by atoms with Gasteiger partial charge in [-0.25, -0.2) is 0 Å². The Morgan fingerprint density at radius 3 is 2.47 bits per heavy atom. The number of hydrogen-bond donors (Lipinski definition) is 1. The second-order valence-electron chi connectivity index (χ2n) is 6.22. The van der Waals surface area contributed by atoms with Crippen molar-refractivity contribution in [3.8, 4) is 5.75 Å². The van der Waals surface area contributed by atoms with Crippen molar-refractivity contribution in [1.29, 1.82) is 0 Å². The first kappa shape index (κ1) is 16.0. The topological polar surface area (TPSA) is 32.7 Å². The lowest BCUT2D eigenvalue weighted by molar-refractivity contribution is 0.0473. The molecule has 0 fully saturated rings. The molecule has 0 bridgehead atoms.